The summed E-state index contributed by atoms with van der Waals surface area (Å²) in [6.07, 6.45) is 16.4. The Hall–Kier alpha value is -0.0400. The summed E-state index contributed by atoms with van der Waals surface area (Å²) in [4.78, 5) is 0. The quantitative estimate of drug-likeness (QED) is 0.475. The van der Waals surface area contributed by atoms with Crippen LogP contribution in [0.1, 0.15) is 91.4 Å². The number of nitrogens with one attached hydrogen (secondary N) is 1. The van der Waals surface area contributed by atoms with Crippen LogP contribution in [0.15, 0.2) is 0 Å². The number of rotatable bonds is 11. The Morgan fingerprint density at radius 3 is 2.43 bits per heavy atom. The second kappa shape index (κ2) is 8.56. The lowest BCUT2D eigenvalue weighted by Gasteiger charge is -2.38. The van der Waals surface area contributed by atoms with Crippen molar-refractivity contribution >= 4 is 0 Å². The molecule has 0 heterocycles. The lowest BCUT2D eigenvalue weighted by atomic mass is 9.69. The SMILES string of the molecule is CCCCCCCCC1(CNCC(C)C)CC2CCC1C2. The molecule has 2 rings (SSSR count). The van der Waals surface area contributed by atoms with Crippen molar-refractivity contribution in [2.24, 2.45) is 23.2 Å². The molecule has 0 aromatic heterocycles. The van der Waals surface area contributed by atoms with E-state index < -0.39 is 0 Å². The van der Waals surface area contributed by atoms with Crippen LogP contribution in [0.2, 0.25) is 0 Å². The number of fused-ring (bicyclic) bond motifs is 2. The molecule has 0 aromatic carbocycles. The minimum Gasteiger partial charge on any atom is -0.316 e. The summed E-state index contributed by atoms with van der Waals surface area (Å²) in [5.41, 5.74) is 0.683. The molecule has 2 aliphatic carbocycles. The van der Waals surface area contributed by atoms with Gasteiger partial charge in [0.2, 0.25) is 0 Å². The van der Waals surface area contributed by atoms with E-state index in [0.717, 1.165) is 17.8 Å². The minimum atomic E-state index is 0.683. The van der Waals surface area contributed by atoms with Gasteiger partial charge in [-0.25, -0.2) is 0 Å². The summed E-state index contributed by atoms with van der Waals surface area (Å²) in [5, 5.41) is 3.81. The van der Waals surface area contributed by atoms with E-state index in [9.17, 15) is 0 Å². The Balaban J connectivity index is 1.74. The molecule has 3 unspecified atom stereocenters. The summed E-state index contributed by atoms with van der Waals surface area (Å²) in [6, 6.07) is 0. The molecule has 2 saturated carbocycles. The van der Waals surface area contributed by atoms with Crippen molar-refractivity contribution in [3.05, 3.63) is 0 Å². The fourth-order valence-electron chi connectivity index (χ4n) is 5.04. The zero-order valence-corrected chi connectivity index (χ0v) is 14.9. The molecule has 2 bridgehead atoms. The van der Waals surface area contributed by atoms with E-state index in [4.69, 9.17) is 0 Å². The summed E-state index contributed by atoms with van der Waals surface area (Å²) >= 11 is 0. The van der Waals surface area contributed by atoms with Gasteiger partial charge in [0, 0.05) is 6.54 Å². The highest BCUT2D eigenvalue weighted by molar-refractivity contribution is 5.01. The number of hydrogen-bond acceptors (Lipinski definition) is 1. The molecule has 2 fully saturated rings. The van der Waals surface area contributed by atoms with Gasteiger partial charge in [-0.15, -0.1) is 0 Å². The van der Waals surface area contributed by atoms with E-state index in [1.54, 1.807) is 6.42 Å². The second-order valence-electron chi connectivity index (χ2n) is 8.49. The first-order valence-electron chi connectivity index (χ1n) is 9.87. The number of hydrogen-bond donors (Lipinski definition) is 1. The fourth-order valence-corrected chi connectivity index (χ4v) is 5.04. The van der Waals surface area contributed by atoms with Crippen LogP contribution in [0.4, 0.5) is 0 Å². The summed E-state index contributed by atoms with van der Waals surface area (Å²) in [5.74, 6) is 2.92. The minimum absolute atomic E-state index is 0.683. The molecule has 1 heteroatoms. The first kappa shape index (κ1) is 17.3. The van der Waals surface area contributed by atoms with Crippen LogP contribution >= 0.6 is 0 Å². The van der Waals surface area contributed by atoms with Crippen molar-refractivity contribution in [3.8, 4) is 0 Å². The Bertz CT molecular complexity index is 286. The maximum absolute atomic E-state index is 3.81. The molecule has 2 aliphatic rings. The molecule has 1 nitrogen and oxygen atoms in total. The van der Waals surface area contributed by atoms with Crippen molar-refractivity contribution < 1.29 is 0 Å². The molecular formula is C20H39N. The molecule has 0 spiro atoms. The van der Waals surface area contributed by atoms with Gasteiger partial charge >= 0.3 is 0 Å². The standard InChI is InChI=1S/C20H39N/c1-4-5-6-7-8-9-12-20(16-21-15-17(2)3)14-18-10-11-19(20)13-18/h17-19,21H,4-16H2,1-3H3. The predicted octanol–water partition coefficient (Wildman–Crippen LogP) is 5.79. The zero-order chi connectivity index (χ0) is 15.1. The second-order valence-corrected chi connectivity index (χ2v) is 8.49. The Morgan fingerprint density at radius 1 is 1.05 bits per heavy atom. The first-order chi connectivity index (χ1) is 10.2. The maximum Gasteiger partial charge on any atom is 0.00107 e. The molecule has 124 valence electrons. The molecule has 0 aliphatic heterocycles. The van der Waals surface area contributed by atoms with Gasteiger partial charge in [0.25, 0.3) is 0 Å². The van der Waals surface area contributed by atoms with Gasteiger partial charge in [-0.05, 0) is 55.4 Å². The molecule has 3 atom stereocenters. The molecule has 0 radical (unpaired) electrons. The molecule has 21 heavy (non-hydrogen) atoms. The van der Waals surface area contributed by atoms with Gasteiger partial charge < -0.3 is 5.32 Å². The van der Waals surface area contributed by atoms with Gasteiger partial charge in [0.05, 0.1) is 0 Å². The third-order valence-electron chi connectivity index (χ3n) is 6.16. The average Bonchev–Trinajstić information content (AvgIpc) is 3.03. The van der Waals surface area contributed by atoms with Crippen LogP contribution in [0.25, 0.3) is 0 Å². The van der Waals surface area contributed by atoms with Gasteiger partial charge in [0.15, 0.2) is 0 Å². The molecular weight excluding hydrogens is 254 g/mol. The third-order valence-corrected chi connectivity index (χ3v) is 6.16. The smallest absolute Gasteiger partial charge is 0.00107 e. The van der Waals surface area contributed by atoms with Crippen molar-refractivity contribution in [2.75, 3.05) is 13.1 Å². The summed E-state index contributed by atoms with van der Waals surface area (Å²) < 4.78 is 0. The fraction of sp³-hybridized carbons (Fsp3) is 1.00. The lowest BCUT2D eigenvalue weighted by molar-refractivity contribution is 0.136. The number of unbranched alkanes of at least 4 members (excludes halogenated alkanes) is 5. The largest absolute Gasteiger partial charge is 0.316 e. The lowest BCUT2D eigenvalue weighted by Crippen LogP contribution is -2.40. The summed E-state index contributed by atoms with van der Waals surface area (Å²) in [7, 11) is 0. The Labute approximate surface area is 133 Å². The van der Waals surface area contributed by atoms with Gasteiger partial charge in [-0.1, -0.05) is 65.7 Å². The highest BCUT2D eigenvalue weighted by atomic mass is 14.9. The van der Waals surface area contributed by atoms with Crippen LogP contribution in [0, 0.1) is 23.2 Å². The molecule has 0 saturated heterocycles. The van der Waals surface area contributed by atoms with Gasteiger partial charge in [-0.3, -0.25) is 0 Å². The summed E-state index contributed by atoms with van der Waals surface area (Å²) in [6.45, 7) is 9.48. The van der Waals surface area contributed by atoms with Crippen molar-refractivity contribution in [3.63, 3.8) is 0 Å². The normalized spacial score (nSPS) is 31.4. The monoisotopic (exact) mass is 293 g/mol. The molecule has 0 aromatic rings. The Kier molecular flexibility index (Phi) is 7.05. The van der Waals surface area contributed by atoms with Crippen LogP contribution in [0.3, 0.4) is 0 Å². The van der Waals surface area contributed by atoms with Crippen LogP contribution in [-0.4, -0.2) is 13.1 Å². The van der Waals surface area contributed by atoms with E-state index in [1.807, 2.05) is 0 Å². The maximum atomic E-state index is 3.81. The van der Waals surface area contributed by atoms with Crippen molar-refractivity contribution in [2.45, 2.75) is 91.4 Å². The predicted molar refractivity (Wildman–Crippen MR) is 93.6 cm³/mol. The molecule has 1 N–H and O–H groups in total. The van der Waals surface area contributed by atoms with E-state index in [1.165, 1.54) is 77.3 Å². The highest BCUT2D eigenvalue weighted by Crippen LogP contribution is 2.57. The van der Waals surface area contributed by atoms with Gasteiger partial charge in [0.1, 0.15) is 0 Å². The topological polar surface area (TPSA) is 12.0 Å². The molecule has 0 amide bonds. The average molecular weight is 294 g/mol. The van der Waals surface area contributed by atoms with Gasteiger partial charge in [-0.2, -0.15) is 0 Å². The van der Waals surface area contributed by atoms with E-state index in [2.05, 4.69) is 26.1 Å². The van der Waals surface area contributed by atoms with E-state index in [-0.39, 0.29) is 0 Å². The van der Waals surface area contributed by atoms with E-state index >= 15 is 0 Å². The van der Waals surface area contributed by atoms with Crippen molar-refractivity contribution in [1.29, 1.82) is 0 Å². The Morgan fingerprint density at radius 2 is 1.81 bits per heavy atom. The zero-order valence-electron chi connectivity index (χ0n) is 14.9. The van der Waals surface area contributed by atoms with E-state index in [0.29, 0.717) is 5.41 Å². The van der Waals surface area contributed by atoms with Crippen molar-refractivity contribution in [1.82, 2.24) is 5.32 Å². The first-order valence-corrected chi connectivity index (χ1v) is 9.87. The van der Waals surface area contributed by atoms with Crippen LogP contribution in [0.5, 0.6) is 0 Å². The van der Waals surface area contributed by atoms with Crippen LogP contribution in [-0.2, 0) is 0 Å². The van der Waals surface area contributed by atoms with Crippen LogP contribution < -0.4 is 5.32 Å². The highest BCUT2D eigenvalue weighted by Gasteiger charge is 2.49. The third kappa shape index (κ3) is 4.98.